The molecule has 14 heavy (non-hydrogen) atoms. The summed E-state index contributed by atoms with van der Waals surface area (Å²) in [7, 11) is 0. The molecule has 0 aromatic carbocycles. The zero-order valence-electron chi connectivity index (χ0n) is 7.35. The standard InChI is InChI=1S/C7H10F3N3S/c1-6(12)5(11)2-4(3-13-6)14-7(8,9)10/h2-3,13H,11-12H2,1H3. The number of hydrogen-bond acceptors (Lipinski definition) is 4. The first-order chi connectivity index (χ1) is 6.21. The third-order valence-electron chi connectivity index (χ3n) is 1.65. The van der Waals surface area contributed by atoms with E-state index in [1.165, 1.54) is 12.3 Å². The average Bonchev–Trinajstić information content (AvgIpc) is 1.95. The molecule has 0 fully saturated rings. The molecule has 0 saturated heterocycles. The molecule has 0 aromatic rings. The minimum atomic E-state index is -4.31. The maximum absolute atomic E-state index is 12.0. The van der Waals surface area contributed by atoms with Crippen LogP contribution in [0, 0.1) is 0 Å². The summed E-state index contributed by atoms with van der Waals surface area (Å²) in [6.45, 7) is 1.57. The number of halogens is 3. The molecule has 0 aromatic heterocycles. The summed E-state index contributed by atoms with van der Waals surface area (Å²) in [5.41, 5.74) is 5.97. The summed E-state index contributed by atoms with van der Waals surface area (Å²) >= 11 is -0.231. The van der Waals surface area contributed by atoms with E-state index in [9.17, 15) is 13.2 Å². The van der Waals surface area contributed by atoms with Crippen molar-refractivity contribution in [3.8, 4) is 0 Å². The van der Waals surface area contributed by atoms with Crippen LogP contribution in [0.5, 0.6) is 0 Å². The monoisotopic (exact) mass is 225 g/mol. The fourth-order valence-corrected chi connectivity index (χ4v) is 1.41. The largest absolute Gasteiger partial charge is 0.446 e. The predicted octanol–water partition coefficient (Wildman–Crippen LogP) is 1.20. The number of thioether (sulfide) groups is 1. The zero-order chi connectivity index (χ0) is 11.0. The minimum absolute atomic E-state index is 0.00192. The van der Waals surface area contributed by atoms with Crippen LogP contribution >= 0.6 is 11.8 Å². The van der Waals surface area contributed by atoms with E-state index >= 15 is 0 Å². The van der Waals surface area contributed by atoms with Crippen molar-refractivity contribution in [1.82, 2.24) is 5.32 Å². The highest BCUT2D eigenvalue weighted by molar-refractivity contribution is 8.04. The predicted molar refractivity (Wildman–Crippen MR) is 49.7 cm³/mol. The van der Waals surface area contributed by atoms with Crippen LogP contribution in [0.3, 0.4) is 0 Å². The lowest BCUT2D eigenvalue weighted by Crippen LogP contribution is -2.53. The van der Waals surface area contributed by atoms with Crippen LogP contribution in [0.1, 0.15) is 6.92 Å². The van der Waals surface area contributed by atoms with Crippen LogP contribution in [-0.4, -0.2) is 11.2 Å². The number of nitrogens with one attached hydrogen (secondary N) is 1. The van der Waals surface area contributed by atoms with Crippen molar-refractivity contribution < 1.29 is 13.2 Å². The average molecular weight is 225 g/mol. The summed E-state index contributed by atoms with van der Waals surface area (Å²) in [4.78, 5) is -0.00192. The number of allylic oxidation sites excluding steroid dienone is 1. The van der Waals surface area contributed by atoms with Crippen molar-refractivity contribution in [3.63, 3.8) is 0 Å². The van der Waals surface area contributed by atoms with Crippen LogP contribution in [-0.2, 0) is 0 Å². The summed E-state index contributed by atoms with van der Waals surface area (Å²) in [6.07, 6.45) is 2.42. The molecule has 80 valence electrons. The van der Waals surface area contributed by atoms with Gasteiger partial charge in [-0.1, -0.05) is 0 Å². The lowest BCUT2D eigenvalue weighted by atomic mass is 10.1. The molecule has 3 nitrogen and oxygen atoms in total. The van der Waals surface area contributed by atoms with Crippen molar-refractivity contribution in [2.75, 3.05) is 0 Å². The Bertz CT molecular complexity index is 293. The normalized spacial score (nSPS) is 27.8. The number of nitrogens with two attached hydrogens (primary N) is 2. The fraction of sp³-hybridized carbons (Fsp3) is 0.429. The van der Waals surface area contributed by atoms with Crippen molar-refractivity contribution in [2.45, 2.75) is 18.1 Å². The Labute approximate surface area is 83.4 Å². The molecule has 7 heteroatoms. The van der Waals surface area contributed by atoms with E-state index in [1.807, 2.05) is 0 Å². The van der Waals surface area contributed by atoms with Gasteiger partial charge in [0.1, 0.15) is 5.66 Å². The van der Waals surface area contributed by atoms with Crippen molar-refractivity contribution in [3.05, 3.63) is 22.9 Å². The van der Waals surface area contributed by atoms with E-state index < -0.39 is 11.2 Å². The molecule has 0 aliphatic carbocycles. The van der Waals surface area contributed by atoms with Gasteiger partial charge in [-0.25, -0.2) is 0 Å². The topological polar surface area (TPSA) is 64.1 Å². The molecule has 1 aliphatic rings. The van der Waals surface area contributed by atoms with E-state index in [4.69, 9.17) is 11.5 Å². The second-order valence-corrected chi connectivity index (χ2v) is 4.18. The van der Waals surface area contributed by atoms with Gasteiger partial charge < -0.3 is 16.8 Å². The summed E-state index contributed by atoms with van der Waals surface area (Å²) in [5, 5.41) is 2.58. The highest BCUT2D eigenvalue weighted by Gasteiger charge is 2.32. The maximum Gasteiger partial charge on any atom is 0.446 e. The molecule has 0 amide bonds. The third kappa shape index (κ3) is 2.85. The van der Waals surface area contributed by atoms with E-state index in [2.05, 4.69) is 5.32 Å². The number of rotatable bonds is 1. The van der Waals surface area contributed by atoms with Crippen LogP contribution < -0.4 is 16.8 Å². The summed E-state index contributed by atoms with van der Waals surface area (Å²) in [6, 6.07) is 0. The molecule has 1 heterocycles. The van der Waals surface area contributed by atoms with Gasteiger partial charge in [-0.15, -0.1) is 0 Å². The van der Waals surface area contributed by atoms with Crippen LogP contribution in [0.4, 0.5) is 13.2 Å². The smallest absolute Gasteiger partial charge is 0.399 e. The van der Waals surface area contributed by atoms with E-state index in [1.54, 1.807) is 6.92 Å². The van der Waals surface area contributed by atoms with Gasteiger partial charge in [0, 0.05) is 16.8 Å². The lowest BCUT2D eigenvalue weighted by Gasteiger charge is -2.29. The molecule has 1 unspecified atom stereocenters. The highest BCUT2D eigenvalue weighted by Crippen LogP contribution is 2.38. The van der Waals surface area contributed by atoms with Gasteiger partial charge in [-0.2, -0.15) is 13.2 Å². The highest BCUT2D eigenvalue weighted by atomic mass is 32.2. The zero-order valence-corrected chi connectivity index (χ0v) is 8.17. The third-order valence-corrected chi connectivity index (χ3v) is 2.35. The maximum atomic E-state index is 12.0. The molecule has 5 N–H and O–H groups in total. The molecule has 0 saturated carbocycles. The van der Waals surface area contributed by atoms with Gasteiger partial charge in [-0.3, -0.25) is 0 Å². The van der Waals surface area contributed by atoms with Crippen LogP contribution in [0.25, 0.3) is 0 Å². The number of hydrogen-bond donors (Lipinski definition) is 3. The lowest BCUT2D eigenvalue weighted by molar-refractivity contribution is -0.0321. The van der Waals surface area contributed by atoms with Crippen molar-refractivity contribution >= 4 is 11.8 Å². The SMILES string of the molecule is CC1(N)NC=C(SC(F)(F)F)C=C1N. The molecule has 0 bridgehead atoms. The Balaban J connectivity index is 2.75. The molecule has 0 spiro atoms. The van der Waals surface area contributed by atoms with Crippen LogP contribution in [0.2, 0.25) is 0 Å². The van der Waals surface area contributed by atoms with Gasteiger partial charge in [0.25, 0.3) is 0 Å². The van der Waals surface area contributed by atoms with Crippen LogP contribution in [0.15, 0.2) is 22.9 Å². The Hall–Kier alpha value is -0.820. The molecular weight excluding hydrogens is 215 g/mol. The Morgan fingerprint density at radius 1 is 1.50 bits per heavy atom. The minimum Gasteiger partial charge on any atom is -0.399 e. The number of alkyl halides is 3. The van der Waals surface area contributed by atoms with Gasteiger partial charge >= 0.3 is 5.51 Å². The second kappa shape index (κ2) is 3.39. The molecule has 1 rings (SSSR count). The first-order valence-corrected chi connectivity index (χ1v) is 4.52. The van der Waals surface area contributed by atoms with E-state index in [0.29, 0.717) is 0 Å². The Kier molecular flexibility index (Phi) is 2.73. The molecule has 0 radical (unpaired) electrons. The first-order valence-electron chi connectivity index (χ1n) is 3.71. The van der Waals surface area contributed by atoms with Gasteiger partial charge in [-0.05, 0) is 24.8 Å². The van der Waals surface area contributed by atoms with Gasteiger partial charge in [0.2, 0.25) is 0 Å². The second-order valence-electron chi connectivity index (χ2n) is 3.04. The Morgan fingerprint density at radius 2 is 2.07 bits per heavy atom. The van der Waals surface area contributed by atoms with E-state index in [0.717, 1.165) is 0 Å². The molecule has 1 aliphatic heterocycles. The van der Waals surface area contributed by atoms with Crippen molar-refractivity contribution in [2.24, 2.45) is 11.5 Å². The van der Waals surface area contributed by atoms with E-state index in [-0.39, 0.29) is 22.4 Å². The Morgan fingerprint density at radius 3 is 2.50 bits per heavy atom. The fourth-order valence-electron chi connectivity index (χ4n) is 0.842. The first kappa shape index (κ1) is 11.3. The quantitative estimate of drug-likeness (QED) is 0.627. The molecule has 1 atom stereocenters. The number of dihydropyridines is 1. The van der Waals surface area contributed by atoms with Gasteiger partial charge in [0.05, 0.1) is 0 Å². The summed E-state index contributed by atoms with van der Waals surface area (Å²) in [5.74, 6) is 0. The molecular formula is C7H10F3N3S. The van der Waals surface area contributed by atoms with Gasteiger partial charge in [0.15, 0.2) is 0 Å². The van der Waals surface area contributed by atoms with Crippen molar-refractivity contribution in [1.29, 1.82) is 0 Å². The summed E-state index contributed by atoms with van der Waals surface area (Å²) < 4.78 is 35.9.